The number of ether oxygens (including phenoxy) is 1. The number of esters is 1. The van der Waals surface area contributed by atoms with Crippen LogP contribution < -0.4 is 10.1 Å². The number of rotatable bonds is 3. The predicted molar refractivity (Wildman–Crippen MR) is 55.8 cm³/mol. The van der Waals surface area contributed by atoms with Gasteiger partial charge >= 0.3 is 5.97 Å². The zero-order valence-electron chi connectivity index (χ0n) is 8.74. The summed E-state index contributed by atoms with van der Waals surface area (Å²) in [5.74, 6) is -0.0665. The van der Waals surface area contributed by atoms with E-state index in [9.17, 15) is 9.59 Å². The molecule has 0 bridgehead atoms. The molecule has 80 valence electrons. The Bertz CT molecular complexity index is 357. The fourth-order valence-electron chi connectivity index (χ4n) is 1.10. The summed E-state index contributed by atoms with van der Waals surface area (Å²) in [6.07, 6.45) is 0. The van der Waals surface area contributed by atoms with E-state index in [0.717, 1.165) is 0 Å². The number of carbonyl (C=O) groups excluding carboxylic acids is 2. The molecule has 15 heavy (non-hydrogen) atoms. The van der Waals surface area contributed by atoms with E-state index in [-0.39, 0.29) is 11.9 Å². The maximum Gasteiger partial charge on any atom is 0.308 e. The predicted octanol–water partition coefficient (Wildman–Crippen LogP) is 1.36. The Morgan fingerprint density at radius 3 is 2.33 bits per heavy atom. The molecule has 1 rings (SSSR count). The lowest BCUT2D eigenvalue weighted by atomic mass is 10.2. The second-order valence-corrected chi connectivity index (χ2v) is 2.98. The summed E-state index contributed by atoms with van der Waals surface area (Å²) >= 11 is 0. The second-order valence-electron chi connectivity index (χ2n) is 2.98. The van der Waals surface area contributed by atoms with Gasteiger partial charge in [0, 0.05) is 19.0 Å². The van der Waals surface area contributed by atoms with E-state index < -0.39 is 0 Å². The molecule has 0 radical (unpaired) electrons. The highest BCUT2D eigenvalue weighted by Gasteiger charge is 2.04. The molecule has 0 aromatic heterocycles. The van der Waals surface area contributed by atoms with Crippen molar-refractivity contribution < 1.29 is 14.3 Å². The van der Waals surface area contributed by atoms with Gasteiger partial charge in [-0.15, -0.1) is 0 Å². The molecule has 0 fully saturated rings. The lowest BCUT2D eigenvalue weighted by molar-refractivity contribution is -0.131. The molecular weight excluding hydrogens is 194 g/mol. The van der Waals surface area contributed by atoms with E-state index >= 15 is 0 Å². The van der Waals surface area contributed by atoms with Gasteiger partial charge in [-0.05, 0) is 31.2 Å². The molecule has 0 spiro atoms. The van der Waals surface area contributed by atoms with Crippen LogP contribution in [0.2, 0.25) is 0 Å². The van der Waals surface area contributed by atoms with Crippen molar-refractivity contribution in [1.82, 2.24) is 5.32 Å². The fraction of sp³-hybridized carbons (Fsp3) is 0.273. The summed E-state index contributed by atoms with van der Waals surface area (Å²) in [5.41, 5.74) is 0.549. The van der Waals surface area contributed by atoms with Crippen molar-refractivity contribution in [1.29, 1.82) is 0 Å². The van der Waals surface area contributed by atoms with E-state index in [2.05, 4.69) is 5.32 Å². The standard InChI is InChI=1S/C11H13NO3/c1-3-12-11(14)9-4-6-10(7-5-9)15-8(2)13/h4-7H,3H2,1-2H3,(H,12,14). The summed E-state index contributed by atoms with van der Waals surface area (Å²) in [5, 5.41) is 2.68. The molecule has 4 heteroatoms. The molecule has 0 saturated carbocycles. The van der Waals surface area contributed by atoms with Gasteiger partial charge in [-0.2, -0.15) is 0 Å². The molecule has 1 aromatic carbocycles. The normalized spacial score (nSPS) is 9.47. The van der Waals surface area contributed by atoms with Crippen molar-refractivity contribution in [3.63, 3.8) is 0 Å². The van der Waals surface area contributed by atoms with E-state index in [0.29, 0.717) is 17.9 Å². The Labute approximate surface area is 88.2 Å². The molecule has 4 nitrogen and oxygen atoms in total. The molecule has 0 atom stereocenters. The molecule has 0 aliphatic carbocycles. The highest BCUT2D eigenvalue weighted by Crippen LogP contribution is 2.12. The van der Waals surface area contributed by atoms with Gasteiger partial charge < -0.3 is 10.1 Å². The van der Waals surface area contributed by atoms with E-state index in [1.165, 1.54) is 6.92 Å². The van der Waals surface area contributed by atoms with Crippen molar-refractivity contribution in [2.75, 3.05) is 6.54 Å². The van der Waals surface area contributed by atoms with Gasteiger partial charge in [0.05, 0.1) is 0 Å². The van der Waals surface area contributed by atoms with Crippen molar-refractivity contribution in [3.05, 3.63) is 29.8 Å². The largest absolute Gasteiger partial charge is 0.427 e. The molecule has 0 unspecified atom stereocenters. The molecule has 1 amide bonds. The summed E-state index contributed by atoms with van der Waals surface area (Å²) < 4.78 is 4.84. The monoisotopic (exact) mass is 207 g/mol. The van der Waals surface area contributed by atoms with Gasteiger partial charge in [-0.25, -0.2) is 0 Å². The number of hydrogen-bond donors (Lipinski definition) is 1. The highest BCUT2D eigenvalue weighted by atomic mass is 16.5. The Hall–Kier alpha value is -1.84. The van der Waals surface area contributed by atoms with E-state index in [1.807, 2.05) is 6.92 Å². The highest BCUT2D eigenvalue weighted by molar-refractivity contribution is 5.94. The van der Waals surface area contributed by atoms with Crippen LogP contribution >= 0.6 is 0 Å². The summed E-state index contributed by atoms with van der Waals surface area (Å²) in [6.45, 7) is 3.77. The van der Waals surface area contributed by atoms with Crippen LogP contribution in [0.5, 0.6) is 5.75 Å². The number of benzene rings is 1. The van der Waals surface area contributed by atoms with Crippen molar-refractivity contribution >= 4 is 11.9 Å². The maximum absolute atomic E-state index is 11.4. The molecule has 1 N–H and O–H groups in total. The molecular formula is C11H13NO3. The minimum Gasteiger partial charge on any atom is -0.427 e. The van der Waals surface area contributed by atoms with Crippen molar-refractivity contribution in [2.45, 2.75) is 13.8 Å². The fourth-order valence-corrected chi connectivity index (χ4v) is 1.10. The first-order valence-electron chi connectivity index (χ1n) is 4.70. The van der Waals surface area contributed by atoms with Gasteiger partial charge in [-0.3, -0.25) is 9.59 Å². The van der Waals surface area contributed by atoms with Gasteiger partial charge in [0.1, 0.15) is 5.75 Å². The Balaban J connectivity index is 2.71. The summed E-state index contributed by atoms with van der Waals surface area (Å²) in [6, 6.07) is 6.41. The zero-order chi connectivity index (χ0) is 11.3. The quantitative estimate of drug-likeness (QED) is 0.601. The number of nitrogens with one attached hydrogen (secondary N) is 1. The van der Waals surface area contributed by atoms with Gasteiger partial charge in [0.15, 0.2) is 0 Å². The van der Waals surface area contributed by atoms with Crippen molar-refractivity contribution in [2.24, 2.45) is 0 Å². The minimum absolute atomic E-state index is 0.133. The average Bonchev–Trinajstić information content (AvgIpc) is 2.18. The van der Waals surface area contributed by atoms with Crippen LogP contribution in [0.3, 0.4) is 0 Å². The van der Waals surface area contributed by atoms with Crippen LogP contribution in [0.1, 0.15) is 24.2 Å². The van der Waals surface area contributed by atoms with E-state index in [1.54, 1.807) is 24.3 Å². The first-order chi connectivity index (χ1) is 7.13. The number of carbonyl (C=O) groups is 2. The van der Waals surface area contributed by atoms with Crippen LogP contribution in [-0.2, 0) is 4.79 Å². The molecule has 0 aliphatic heterocycles. The summed E-state index contributed by atoms with van der Waals surface area (Å²) in [4.78, 5) is 22.0. The van der Waals surface area contributed by atoms with Crippen LogP contribution in [0.25, 0.3) is 0 Å². The molecule has 0 aliphatic rings. The van der Waals surface area contributed by atoms with Crippen LogP contribution in [0, 0.1) is 0 Å². The van der Waals surface area contributed by atoms with Gasteiger partial charge in [-0.1, -0.05) is 0 Å². The maximum atomic E-state index is 11.4. The second kappa shape index (κ2) is 5.14. The first-order valence-corrected chi connectivity index (χ1v) is 4.70. The van der Waals surface area contributed by atoms with Gasteiger partial charge in [0.25, 0.3) is 5.91 Å². The third-order valence-electron chi connectivity index (χ3n) is 1.72. The molecule has 1 aromatic rings. The first kappa shape index (κ1) is 11.2. The van der Waals surface area contributed by atoms with Crippen molar-refractivity contribution in [3.8, 4) is 5.75 Å². The SMILES string of the molecule is CCNC(=O)c1ccc(OC(C)=O)cc1. The lowest BCUT2D eigenvalue weighted by Crippen LogP contribution is -2.22. The average molecular weight is 207 g/mol. The Morgan fingerprint density at radius 2 is 1.87 bits per heavy atom. The minimum atomic E-state index is -0.374. The number of hydrogen-bond acceptors (Lipinski definition) is 3. The lowest BCUT2D eigenvalue weighted by Gasteiger charge is -2.03. The summed E-state index contributed by atoms with van der Waals surface area (Å²) in [7, 11) is 0. The Morgan fingerprint density at radius 1 is 1.27 bits per heavy atom. The van der Waals surface area contributed by atoms with Crippen LogP contribution in [-0.4, -0.2) is 18.4 Å². The van der Waals surface area contributed by atoms with Crippen LogP contribution in [0.15, 0.2) is 24.3 Å². The third kappa shape index (κ3) is 3.42. The third-order valence-corrected chi connectivity index (χ3v) is 1.72. The molecule has 0 saturated heterocycles. The zero-order valence-corrected chi connectivity index (χ0v) is 8.74. The number of amides is 1. The van der Waals surface area contributed by atoms with Crippen LogP contribution in [0.4, 0.5) is 0 Å². The topological polar surface area (TPSA) is 55.4 Å². The van der Waals surface area contributed by atoms with Gasteiger partial charge in [0.2, 0.25) is 0 Å². The van der Waals surface area contributed by atoms with E-state index in [4.69, 9.17) is 4.74 Å². The molecule has 0 heterocycles. The smallest absolute Gasteiger partial charge is 0.308 e. The Kier molecular flexibility index (Phi) is 3.85.